The third kappa shape index (κ3) is 5.57. The fourth-order valence-corrected chi connectivity index (χ4v) is 2.50. The number of carbonyl (C=O) groups is 2. The van der Waals surface area contributed by atoms with Crippen LogP contribution >= 0.6 is 11.6 Å². The first-order valence-electron chi connectivity index (χ1n) is 7.01. The van der Waals surface area contributed by atoms with Gasteiger partial charge in [0.25, 0.3) is 0 Å². The summed E-state index contributed by atoms with van der Waals surface area (Å²) in [7, 11) is 1.75. The van der Waals surface area contributed by atoms with Crippen molar-refractivity contribution in [2.75, 3.05) is 32.6 Å². The minimum Gasteiger partial charge on any atom is -0.444 e. The summed E-state index contributed by atoms with van der Waals surface area (Å²) >= 11 is 5.54. The summed E-state index contributed by atoms with van der Waals surface area (Å²) in [5, 5.41) is 0. The zero-order valence-electron chi connectivity index (χ0n) is 12.8. The van der Waals surface area contributed by atoms with Crippen LogP contribution in [-0.4, -0.2) is 60.0 Å². The summed E-state index contributed by atoms with van der Waals surface area (Å²) < 4.78 is 5.38. The van der Waals surface area contributed by atoms with Crippen molar-refractivity contribution in [2.24, 2.45) is 5.92 Å². The molecule has 20 heavy (non-hydrogen) atoms. The van der Waals surface area contributed by atoms with Gasteiger partial charge in [-0.1, -0.05) is 0 Å². The van der Waals surface area contributed by atoms with Crippen molar-refractivity contribution in [3.05, 3.63) is 0 Å². The number of amides is 2. The molecule has 1 atom stereocenters. The summed E-state index contributed by atoms with van der Waals surface area (Å²) in [4.78, 5) is 26.9. The van der Waals surface area contributed by atoms with Crippen LogP contribution in [-0.2, 0) is 9.53 Å². The van der Waals surface area contributed by atoms with Crippen molar-refractivity contribution in [1.82, 2.24) is 9.80 Å². The molecule has 1 unspecified atom stereocenters. The molecule has 0 aromatic carbocycles. The standard InChI is InChI=1S/C14H25ClN2O3/c1-14(2,3)20-13(19)17-7-5-6-11(10-17)9-16(4)12(18)8-15/h11H,5-10H2,1-4H3. The van der Waals surface area contributed by atoms with Crippen molar-refractivity contribution >= 4 is 23.6 Å². The van der Waals surface area contributed by atoms with E-state index in [1.54, 1.807) is 16.8 Å². The summed E-state index contributed by atoms with van der Waals surface area (Å²) in [5.74, 6) is 0.202. The third-order valence-electron chi connectivity index (χ3n) is 3.24. The Hall–Kier alpha value is -0.970. The van der Waals surface area contributed by atoms with Gasteiger partial charge in [-0.2, -0.15) is 0 Å². The van der Waals surface area contributed by atoms with Gasteiger partial charge in [0.1, 0.15) is 11.5 Å². The van der Waals surface area contributed by atoms with Crippen LogP contribution in [0.25, 0.3) is 0 Å². The monoisotopic (exact) mass is 304 g/mol. The Labute approximate surface area is 126 Å². The van der Waals surface area contributed by atoms with Gasteiger partial charge in [-0.15, -0.1) is 11.6 Å². The second kappa shape index (κ2) is 7.16. The highest BCUT2D eigenvalue weighted by molar-refractivity contribution is 6.27. The topological polar surface area (TPSA) is 49.9 Å². The lowest BCUT2D eigenvalue weighted by molar-refractivity contribution is -0.127. The van der Waals surface area contributed by atoms with E-state index in [1.807, 2.05) is 20.8 Å². The first-order chi connectivity index (χ1) is 9.23. The molecule has 1 aliphatic heterocycles. The van der Waals surface area contributed by atoms with Crippen molar-refractivity contribution in [3.8, 4) is 0 Å². The quantitative estimate of drug-likeness (QED) is 0.752. The van der Waals surface area contributed by atoms with E-state index in [4.69, 9.17) is 16.3 Å². The van der Waals surface area contributed by atoms with Gasteiger partial charge in [0.2, 0.25) is 5.91 Å². The molecule has 0 aliphatic carbocycles. The number of rotatable bonds is 3. The van der Waals surface area contributed by atoms with Crippen molar-refractivity contribution < 1.29 is 14.3 Å². The number of ether oxygens (including phenoxy) is 1. The first-order valence-corrected chi connectivity index (χ1v) is 7.54. The SMILES string of the molecule is CN(CC1CCCN(C(=O)OC(C)(C)C)C1)C(=O)CCl. The fourth-order valence-electron chi connectivity index (χ4n) is 2.30. The van der Waals surface area contributed by atoms with Crippen molar-refractivity contribution in [3.63, 3.8) is 0 Å². The molecule has 0 aromatic rings. The number of nitrogens with zero attached hydrogens (tertiary/aromatic N) is 2. The molecule has 0 radical (unpaired) electrons. The first kappa shape index (κ1) is 17.1. The molecular weight excluding hydrogens is 280 g/mol. The summed E-state index contributed by atoms with van der Waals surface area (Å²) in [6, 6.07) is 0. The fraction of sp³-hybridized carbons (Fsp3) is 0.857. The molecule has 116 valence electrons. The van der Waals surface area contributed by atoms with E-state index >= 15 is 0 Å². The van der Waals surface area contributed by atoms with Gasteiger partial charge in [0.05, 0.1) is 0 Å². The largest absolute Gasteiger partial charge is 0.444 e. The maximum atomic E-state index is 12.0. The lowest BCUT2D eigenvalue weighted by Crippen LogP contribution is -2.46. The van der Waals surface area contributed by atoms with E-state index in [1.165, 1.54) is 0 Å². The smallest absolute Gasteiger partial charge is 0.410 e. The molecule has 0 saturated carbocycles. The maximum absolute atomic E-state index is 12.0. The molecular formula is C14H25ClN2O3. The number of hydrogen-bond donors (Lipinski definition) is 0. The van der Waals surface area contributed by atoms with Gasteiger partial charge >= 0.3 is 6.09 Å². The number of alkyl halides is 1. The van der Waals surface area contributed by atoms with E-state index in [2.05, 4.69) is 0 Å². The Morgan fingerprint density at radius 1 is 1.40 bits per heavy atom. The third-order valence-corrected chi connectivity index (χ3v) is 3.47. The molecule has 1 aliphatic rings. The van der Waals surface area contributed by atoms with Crippen LogP contribution in [0.15, 0.2) is 0 Å². The Kier molecular flexibility index (Phi) is 6.11. The summed E-state index contributed by atoms with van der Waals surface area (Å²) in [5.41, 5.74) is -0.477. The summed E-state index contributed by atoms with van der Waals surface area (Å²) in [6.07, 6.45) is 1.68. The Morgan fingerprint density at radius 3 is 2.60 bits per heavy atom. The summed E-state index contributed by atoms with van der Waals surface area (Å²) in [6.45, 7) is 7.57. The van der Waals surface area contributed by atoms with Crippen LogP contribution in [0, 0.1) is 5.92 Å². The number of carbonyl (C=O) groups excluding carboxylic acids is 2. The highest BCUT2D eigenvalue weighted by Gasteiger charge is 2.28. The van der Waals surface area contributed by atoms with Crippen LogP contribution < -0.4 is 0 Å². The average Bonchev–Trinajstić information content (AvgIpc) is 2.36. The van der Waals surface area contributed by atoms with E-state index < -0.39 is 5.60 Å². The molecule has 2 amide bonds. The van der Waals surface area contributed by atoms with Gasteiger partial charge in [0, 0.05) is 26.7 Å². The Bertz CT molecular complexity index is 355. The molecule has 5 nitrogen and oxygen atoms in total. The molecule has 1 fully saturated rings. The second-order valence-electron chi connectivity index (χ2n) is 6.34. The highest BCUT2D eigenvalue weighted by atomic mass is 35.5. The van der Waals surface area contributed by atoms with Crippen LogP contribution in [0.3, 0.4) is 0 Å². The molecule has 6 heteroatoms. The number of likely N-dealkylation sites (tertiary alicyclic amines) is 1. The lowest BCUT2D eigenvalue weighted by Gasteiger charge is -2.35. The van der Waals surface area contributed by atoms with Gasteiger partial charge in [0.15, 0.2) is 0 Å². The van der Waals surface area contributed by atoms with Crippen molar-refractivity contribution in [1.29, 1.82) is 0 Å². The highest BCUT2D eigenvalue weighted by Crippen LogP contribution is 2.20. The van der Waals surface area contributed by atoms with Crippen LogP contribution in [0.4, 0.5) is 4.79 Å². The Morgan fingerprint density at radius 2 is 2.05 bits per heavy atom. The van der Waals surface area contributed by atoms with Gasteiger partial charge in [-0.25, -0.2) is 4.79 Å². The average molecular weight is 305 g/mol. The lowest BCUT2D eigenvalue weighted by atomic mass is 9.98. The Balaban J connectivity index is 2.50. The molecule has 1 heterocycles. The molecule has 0 spiro atoms. The van der Waals surface area contributed by atoms with Crippen LogP contribution in [0.2, 0.25) is 0 Å². The zero-order chi connectivity index (χ0) is 15.3. The molecule has 1 rings (SSSR count). The van der Waals surface area contributed by atoms with E-state index in [9.17, 15) is 9.59 Å². The number of hydrogen-bond acceptors (Lipinski definition) is 3. The van der Waals surface area contributed by atoms with E-state index in [0.29, 0.717) is 13.1 Å². The normalized spacial score (nSPS) is 19.6. The predicted molar refractivity (Wildman–Crippen MR) is 78.9 cm³/mol. The van der Waals surface area contributed by atoms with Gasteiger partial charge < -0.3 is 14.5 Å². The van der Waals surface area contributed by atoms with Crippen molar-refractivity contribution in [2.45, 2.75) is 39.2 Å². The molecule has 0 bridgehead atoms. The predicted octanol–water partition coefficient (Wildman–Crippen LogP) is 2.33. The second-order valence-corrected chi connectivity index (χ2v) is 6.61. The minimum atomic E-state index is -0.477. The van der Waals surface area contributed by atoms with Crippen LogP contribution in [0.1, 0.15) is 33.6 Å². The number of halogens is 1. The van der Waals surface area contributed by atoms with E-state index in [0.717, 1.165) is 19.4 Å². The van der Waals surface area contributed by atoms with Gasteiger partial charge in [-0.05, 0) is 39.5 Å². The maximum Gasteiger partial charge on any atom is 0.410 e. The minimum absolute atomic E-state index is 0.000992. The van der Waals surface area contributed by atoms with Gasteiger partial charge in [-0.3, -0.25) is 4.79 Å². The zero-order valence-corrected chi connectivity index (χ0v) is 13.6. The van der Waals surface area contributed by atoms with E-state index in [-0.39, 0.29) is 23.8 Å². The molecule has 0 N–H and O–H groups in total. The molecule has 0 aromatic heterocycles. The number of piperidine rings is 1. The molecule has 1 saturated heterocycles. The van der Waals surface area contributed by atoms with Crippen LogP contribution in [0.5, 0.6) is 0 Å².